The molecule has 0 fully saturated rings. The van der Waals surface area contributed by atoms with Crippen LogP contribution in [0.4, 0.5) is 0 Å². The number of nitrogens with two attached hydrogens (primary N) is 1. The number of hydrogen-bond donors (Lipinski definition) is 1. The van der Waals surface area contributed by atoms with E-state index in [1.54, 1.807) is 7.11 Å². The zero-order valence-electron chi connectivity index (χ0n) is 11.4. The molecular weight excluding hydrogens is 242 g/mol. The predicted molar refractivity (Wildman–Crippen MR) is 75.2 cm³/mol. The van der Waals surface area contributed by atoms with Crippen LogP contribution in [0, 0.1) is 11.8 Å². The second-order valence-electron chi connectivity index (χ2n) is 3.81. The molecule has 0 bridgehead atoms. The molecule has 0 aliphatic carbocycles. The first-order valence-corrected chi connectivity index (χ1v) is 6.36. The van der Waals surface area contributed by atoms with E-state index in [2.05, 4.69) is 11.8 Å². The maximum Gasteiger partial charge on any atom is 0.135 e. The summed E-state index contributed by atoms with van der Waals surface area (Å²) in [5.74, 6) is 6.57. The van der Waals surface area contributed by atoms with Gasteiger partial charge in [0.15, 0.2) is 0 Å². The minimum Gasteiger partial charge on any atom is -0.490 e. The molecule has 0 saturated heterocycles. The summed E-state index contributed by atoms with van der Waals surface area (Å²) >= 11 is 0. The Hall–Kier alpha value is -1.54. The van der Waals surface area contributed by atoms with E-state index in [-0.39, 0.29) is 0 Å². The van der Waals surface area contributed by atoms with Crippen LogP contribution in [-0.4, -0.2) is 40.1 Å². The highest BCUT2D eigenvalue weighted by atomic mass is 16.5. The van der Waals surface area contributed by atoms with Crippen LogP contribution in [0.25, 0.3) is 0 Å². The van der Waals surface area contributed by atoms with Gasteiger partial charge in [-0.05, 0) is 18.6 Å². The molecule has 0 saturated carbocycles. The highest BCUT2D eigenvalue weighted by molar-refractivity contribution is 5.45. The van der Waals surface area contributed by atoms with E-state index in [1.807, 2.05) is 24.3 Å². The van der Waals surface area contributed by atoms with Crippen LogP contribution in [0.3, 0.4) is 0 Å². The van der Waals surface area contributed by atoms with Gasteiger partial charge in [-0.25, -0.2) is 0 Å². The average molecular weight is 263 g/mol. The first-order chi connectivity index (χ1) is 9.38. The van der Waals surface area contributed by atoms with Gasteiger partial charge in [0.1, 0.15) is 12.4 Å². The average Bonchev–Trinajstić information content (AvgIpc) is 2.45. The van der Waals surface area contributed by atoms with E-state index < -0.39 is 0 Å². The fourth-order valence-electron chi connectivity index (χ4n) is 1.46. The standard InChI is InChI=1S/C15H21NO3/c1-17-10-5-11-18-12-13-19-15-8-3-2-6-14(15)7-4-9-16/h2-3,6,8H,5,9-13,16H2,1H3. The first kappa shape index (κ1) is 15.5. The van der Waals surface area contributed by atoms with Crippen molar-refractivity contribution in [2.45, 2.75) is 6.42 Å². The van der Waals surface area contributed by atoms with Crippen molar-refractivity contribution in [1.82, 2.24) is 0 Å². The number of para-hydroxylation sites is 1. The quantitative estimate of drug-likeness (QED) is 0.569. The maximum absolute atomic E-state index is 5.64. The van der Waals surface area contributed by atoms with E-state index in [1.165, 1.54) is 0 Å². The van der Waals surface area contributed by atoms with Gasteiger partial charge in [0.2, 0.25) is 0 Å². The van der Waals surface area contributed by atoms with Crippen molar-refractivity contribution in [3.63, 3.8) is 0 Å². The molecule has 1 rings (SSSR count). The lowest BCUT2D eigenvalue weighted by Gasteiger charge is -2.08. The van der Waals surface area contributed by atoms with Crippen LogP contribution in [0.5, 0.6) is 5.75 Å². The van der Waals surface area contributed by atoms with E-state index in [4.69, 9.17) is 19.9 Å². The third-order valence-electron chi connectivity index (χ3n) is 2.33. The van der Waals surface area contributed by atoms with Crippen molar-refractivity contribution >= 4 is 0 Å². The molecule has 0 aliphatic heterocycles. The predicted octanol–water partition coefficient (Wildman–Crippen LogP) is 1.43. The maximum atomic E-state index is 5.64. The summed E-state index contributed by atoms with van der Waals surface area (Å²) in [4.78, 5) is 0. The van der Waals surface area contributed by atoms with Gasteiger partial charge in [0.25, 0.3) is 0 Å². The zero-order chi connectivity index (χ0) is 13.8. The molecule has 0 heterocycles. The van der Waals surface area contributed by atoms with Crippen molar-refractivity contribution < 1.29 is 14.2 Å². The van der Waals surface area contributed by atoms with Gasteiger partial charge < -0.3 is 19.9 Å². The minimum atomic E-state index is 0.344. The molecule has 2 N–H and O–H groups in total. The smallest absolute Gasteiger partial charge is 0.135 e. The SMILES string of the molecule is COCCCOCCOc1ccccc1C#CCN. The number of hydrogen-bond acceptors (Lipinski definition) is 4. The first-order valence-electron chi connectivity index (χ1n) is 6.36. The molecule has 0 aromatic heterocycles. The monoisotopic (exact) mass is 263 g/mol. The number of methoxy groups -OCH3 is 1. The van der Waals surface area contributed by atoms with Crippen LogP contribution in [0.2, 0.25) is 0 Å². The molecule has 1 aromatic rings. The second-order valence-corrected chi connectivity index (χ2v) is 3.81. The van der Waals surface area contributed by atoms with Gasteiger partial charge in [-0.1, -0.05) is 24.0 Å². The van der Waals surface area contributed by atoms with Crippen molar-refractivity contribution in [2.24, 2.45) is 5.73 Å². The van der Waals surface area contributed by atoms with Gasteiger partial charge in [-0.15, -0.1) is 0 Å². The van der Waals surface area contributed by atoms with Crippen molar-refractivity contribution in [2.75, 3.05) is 40.1 Å². The Kier molecular flexibility index (Phi) is 8.48. The summed E-state index contributed by atoms with van der Waals surface area (Å²) in [6.07, 6.45) is 0.898. The highest BCUT2D eigenvalue weighted by Crippen LogP contribution is 2.16. The summed E-state index contributed by atoms with van der Waals surface area (Å²) in [7, 11) is 1.68. The number of benzene rings is 1. The zero-order valence-corrected chi connectivity index (χ0v) is 11.4. The van der Waals surface area contributed by atoms with Gasteiger partial charge in [0.05, 0.1) is 18.7 Å². The summed E-state index contributed by atoms with van der Waals surface area (Å²) in [5, 5.41) is 0. The summed E-state index contributed by atoms with van der Waals surface area (Å²) < 4.78 is 16.0. The minimum absolute atomic E-state index is 0.344. The lowest BCUT2D eigenvalue weighted by atomic mass is 10.2. The summed E-state index contributed by atoms with van der Waals surface area (Å²) in [5.41, 5.74) is 6.22. The molecule has 104 valence electrons. The van der Waals surface area contributed by atoms with Gasteiger partial charge in [-0.2, -0.15) is 0 Å². The second kappa shape index (κ2) is 10.4. The molecule has 0 aliphatic rings. The largest absolute Gasteiger partial charge is 0.490 e. The van der Waals surface area contributed by atoms with Gasteiger partial charge in [-0.3, -0.25) is 0 Å². The topological polar surface area (TPSA) is 53.7 Å². The molecule has 0 unspecified atom stereocenters. The van der Waals surface area contributed by atoms with E-state index in [9.17, 15) is 0 Å². The van der Waals surface area contributed by atoms with Crippen LogP contribution < -0.4 is 10.5 Å². The van der Waals surface area contributed by atoms with E-state index in [0.717, 1.165) is 24.3 Å². The Labute approximate surface area is 114 Å². The van der Waals surface area contributed by atoms with Crippen molar-refractivity contribution in [3.05, 3.63) is 29.8 Å². The molecule has 1 aromatic carbocycles. The Morgan fingerprint density at radius 1 is 1.11 bits per heavy atom. The molecule has 4 heteroatoms. The fourth-order valence-corrected chi connectivity index (χ4v) is 1.46. The van der Waals surface area contributed by atoms with E-state index >= 15 is 0 Å². The van der Waals surface area contributed by atoms with Crippen LogP contribution in [0.1, 0.15) is 12.0 Å². The Morgan fingerprint density at radius 2 is 1.95 bits per heavy atom. The van der Waals surface area contributed by atoms with Crippen LogP contribution in [0.15, 0.2) is 24.3 Å². The molecule has 0 atom stereocenters. The Balaban J connectivity index is 2.29. The molecular formula is C15H21NO3. The lowest BCUT2D eigenvalue weighted by Crippen LogP contribution is -2.09. The van der Waals surface area contributed by atoms with Crippen LogP contribution >= 0.6 is 0 Å². The van der Waals surface area contributed by atoms with Crippen LogP contribution in [-0.2, 0) is 9.47 Å². The summed E-state index contributed by atoms with van der Waals surface area (Å²) in [6, 6.07) is 7.65. The lowest BCUT2D eigenvalue weighted by molar-refractivity contribution is 0.0806. The highest BCUT2D eigenvalue weighted by Gasteiger charge is 1.99. The van der Waals surface area contributed by atoms with Crippen molar-refractivity contribution in [3.8, 4) is 17.6 Å². The molecule has 0 spiro atoms. The summed E-state index contributed by atoms with van der Waals surface area (Å²) in [6.45, 7) is 2.82. The molecule has 4 nitrogen and oxygen atoms in total. The Morgan fingerprint density at radius 3 is 2.74 bits per heavy atom. The third-order valence-corrected chi connectivity index (χ3v) is 2.33. The normalized spacial score (nSPS) is 9.79. The van der Waals surface area contributed by atoms with Gasteiger partial charge >= 0.3 is 0 Å². The van der Waals surface area contributed by atoms with Crippen molar-refractivity contribution in [1.29, 1.82) is 0 Å². The fraction of sp³-hybridized carbons (Fsp3) is 0.467. The molecule has 19 heavy (non-hydrogen) atoms. The Bertz CT molecular complexity index is 409. The number of rotatable bonds is 8. The third kappa shape index (κ3) is 6.82. The number of ether oxygens (including phenoxy) is 3. The van der Waals surface area contributed by atoms with E-state index in [0.29, 0.717) is 26.4 Å². The molecule has 0 amide bonds. The molecule has 0 radical (unpaired) electrons. The van der Waals surface area contributed by atoms with Gasteiger partial charge in [0, 0.05) is 20.3 Å².